The summed E-state index contributed by atoms with van der Waals surface area (Å²) in [6.07, 6.45) is 1.70. The average Bonchev–Trinajstić information content (AvgIpc) is 2.14. The number of anilines is 2. The summed E-state index contributed by atoms with van der Waals surface area (Å²) >= 11 is 3.49. The first-order chi connectivity index (χ1) is 7.04. The molecule has 84 valence electrons. The highest BCUT2D eigenvalue weighted by Crippen LogP contribution is 2.25. The highest BCUT2D eigenvalue weighted by molar-refractivity contribution is 9.10. The van der Waals surface area contributed by atoms with Gasteiger partial charge in [-0.25, -0.2) is 4.98 Å². The Bertz CT molecular complexity index is 326. The van der Waals surface area contributed by atoms with Crippen LogP contribution in [0.3, 0.4) is 0 Å². The minimum Gasteiger partial charge on any atom is -0.397 e. The maximum absolute atomic E-state index is 5.66. The molecule has 2 N–H and O–H groups in total. The lowest BCUT2D eigenvalue weighted by atomic mass is 10.2. The number of hydrogen-bond acceptors (Lipinski definition) is 3. The maximum Gasteiger partial charge on any atom is 0.143 e. The first-order valence-corrected chi connectivity index (χ1v) is 5.99. The van der Waals surface area contributed by atoms with E-state index < -0.39 is 0 Å². The van der Waals surface area contributed by atoms with Crippen molar-refractivity contribution in [1.29, 1.82) is 0 Å². The van der Waals surface area contributed by atoms with Gasteiger partial charge in [-0.05, 0) is 34.8 Å². The molecular weight excluding hydrogens is 254 g/mol. The predicted octanol–water partition coefficient (Wildman–Crippen LogP) is 2.91. The molecule has 3 nitrogen and oxygen atoms in total. The molecule has 0 aliphatic heterocycles. The number of nitrogen functional groups attached to an aromatic ring is 1. The fourth-order valence-corrected chi connectivity index (χ4v) is 2.10. The van der Waals surface area contributed by atoms with Crippen LogP contribution in [0.15, 0.2) is 16.7 Å². The van der Waals surface area contributed by atoms with Gasteiger partial charge in [0.25, 0.3) is 0 Å². The van der Waals surface area contributed by atoms with E-state index in [0.29, 0.717) is 11.6 Å². The van der Waals surface area contributed by atoms with Crippen molar-refractivity contribution in [2.45, 2.75) is 20.8 Å². The van der Waals surface area contributed by atoms with Gasteiger partial charge >= 0.3 is 0 Å². The quantitative estimate of drug-likeness (QED) is 0.916. The van der Waals surface area contributed by atoms with Crippen molar-refractivity contribution in [3.8, 4) is 0 Å². The number of nitrogens with zero attached hydrogens (tertiary/aromatic N) is 2. The zero-order valence-corrected chi connectivity index (χ0v) is 11.1. The van der Waals surface area contributed by atoms with Gasteiger partial charge in [-0.15, -0.1) is 0 Å². The van der Waals surface area contributed by atoms with Crippen LogP contribution in [0, 0.1) is 5.92 Å². The van der Waals surface area contributed by atoms with Gasteiger partial charge in [-0.3, -0.25) is 0 Å². The Balaban J connectivity index is 2.91. The monoisotopic (exact) mass is 271 g/mol. The molecule has 1 heterocycles. The second kappa shape index (κ2) is 5.35. The van der Waals surface area contributed by atoms with E-state index in [0.717, 1.165) is 23.4 Å². The SMILES string of the molecule is CCN(CC(C)C)c1ncc(N)cc1Br. The average molecular weight is 272 g/mol. The van der Waals surface area contributed by atoms with E-state index in [9.17, 15) is 0 Å². The number of pyridine rings is 1. The van der Waals surface area contributed by atoms with Gasteiger partial charge in [0.05, 0.1) is 16.4 Å². The minimum absolute atomic E-state index is 0.621. The van der Waals surface area contributed by atoms with Crippen molar-refractivity contribution in [2.75, 3.05) is 23.7 Å². The van der Waals surface area contributed by atoms with Crippen LogP contribution in [0.25, 0.3) is 0 Å². The molecule has 1 aromatic heterocycles. The molecular formula is C11H18BrN3. The van der Waals surface area contributed by atoms with Crippen LogP contribution in [0.2, 0.25) is 0 Å². The fourth-order valence-electron chi connectivity index (χ4n) is 1.48. The van der Waals surface area contributed by atoms with E-state index in [1.54, 1.807) is 6.20 Å². The number of hydrogen-bond donors (Lipinski definition) is 1. The third-order valence-corrected chi connectivity index (χ3v) is 2.69. The molecule has 1 aromatic rings. The van der Waals surface area contributed by atoms with Gasteiger partial charge in [0, 0.05) is 13.1 Å². The summed E-state index contributed by atoms with van der Waals surface area (Å²) in [6, 6.07) is 1.89. The van der Waals surface area contributed by atoms with Crippen LogP contribution in [-0.2, 0) is 0 Å². The lowest BCUT2D eigenvalue weighted by Gasteiger charge is -2.25. The minimum atomic E-state index is 0.621. The molecule has 0 aliphatic rings. The summed E-state index contributed by atoms with van der Waals surface area (Å²) < 4.78 is 0.963. The molecule has 0 spiro atoms. The Labute approximate surface area is 99.8 Å². The zero-order chi connectivity index (χ0) is 11.4. The van der Waals surface area contributed by atoms with Crippen molar-refractivity contribution in [3.63, 3.8) is 0 Å². The van der Waals surface area contributed by atoms with Crippen molar-refractivity contribution in [3.05, 3.63) is 16.7 Å². The molecule has 0 saturated heterocycles. The Kier molecular flexibility index (Phi) is 4.39. The molecule has 4 heteroatoms. The summed E-state index contributed by atoms with van der Waals surface area (Å²) in [5, 5.41) is 0. The molecule has 15 heavy (non-hydrogen) atoms. The summed E-state index contributed by atoms with van der Waals surface area (Å²) in [6.45, 7) is 8.49. The molecule has 0 bridgehead atoms. The normalized spacial score (nSPS) is 10.7. The highest BCUT2D eigenvalue weighted by atomic mass is 79.9. The van der Waals surface area contributed by atoms with Gasteiger partial charge in [0.1, 0.15) is 5.82 Å². The van der Waals surface area contributed by atoms with E-state index in [1.165, 1.54) is 0 Å². The Morgan fingerprint density at radius 1 is 1.53 bits per heavy atom. The van der Waals surface area contributed by atoms with Crippen LogP contribution in [0.1, 0.15) is 20.8 Å². The van der Waals surface area contributed by atoms with Gasteiger partial charge in [0.15, 0.2) is 0 Å². The Morgan fingerprint density at radius 2 is 2.20 bits per heavy atom. The predicted molar refractivity (Wildman–Crippen MR) is 69.1 cm³/mol. The van der Waals surface area contributed by atoms with Crippen LogP contribution < -0.4 is 10.6 Å². The molecule has 0 fully saturated rings. The standard InChI is InChI=1S/C11H18BrN3/c1-4-15(7-8(2)3)11-10(12)5-9(13)6-14-11/h5-6,8H,4,7,13H2,1-3H3. The first kappa shape index (κ1) is 12.3. The summed E-state index contributed by atoms with van der Waals surface area (Å²) in [5.41, 5.74) is 6.35. The molecule has 0 aromatic carbocycles. The third kappa shape index (κ3) is 3.38. The topological polar surface area (TPSA) is 42.2 Å². The molecule has 0 amide bonds. The van der Waals surface area contributed by atoms with Gasteiger partial charge in [0.2, 0.25) is 0 Å². The molecule has 0 atom stereocenters. The lowest BCUT2D eigenvalue weighted by Crippen LogP contribution is -2.28. The number of nitrogens with two attached hydrogens (primary N) is 1. The number of halogens is 1. The second-order valence-electron chi connectivity index (χ2n) is 4.01. The largest absolute Gasteiger partial charge is 0.397 e. The van der Waals surface area contributed by atoms with E-state index in [4.69, 9.17) is 5.73 Å². The van der Waals surface area contributed by atoms with Crippen molar-refractivity contribution in [1.82, 2.24) is 4.98 Å². The molecule has 0 radical (unpaired) electrons. The number of aromatic nitrogens is 1. The van der Waals surface area contributed by atoms with Gasteiger partial charge in [-0.1, -0.05) is 13.8 Å². The molecule has 0 unspecified atom stereocenters. The molecule has 1 rings (SSSR count). The smallest absolute Gasteiger partial charge is 0.143 e. The highest BCUT2D eigenvalue weighted by Gasteiger charge is 2.11. The lowest BCUT2D eigenvalue weighted by molar-refractivity contribution is 0.614. The van der Waals surface area contributed by atoms with Crippen LogP contribution in [0.5, 0.6) is 0 Å². The second-order valence-corrected chi connectivity index (χ2v) is 4.86. The maximum atomic E-state index is 5.66. The first-order valence-electron chi connectivity index (χ1n) is 5.20. The van der Waals surface area contributed by atoms with Crippen LogP contribution in [-0.4, -0.2) is 18.1 Å². The van der Waals surface area contributed by atoms with Crippen LogP contribution >= 0.6 is 15.9 Å². The fraction of sp³-hybridized carbons (Fsp3) is 0.545. The van der Waals surface area contributed by atoms with E-state index in [-0.39, 0.29) is 0 Å². The van der Waals surface area contributed by atoms with E-state index >= 15 is 0 Å². The van der Waals surface area contributed by atoms with Crippen LogP contribution in [0.4, 0.5) is 11.5 Å². The summed E-state index contributed by atoms with van der Waals surface area (Å²) in [4.78, 5) is 6.60. The van der Waals surface area contributed by atoms with Crippen molar-refractivity contribution in [2.24, 2.45) is 5.92 Å². The molecule has 0 aliphatic carbocycles. The van der Waals surface area contributed by atoms with Crippen molar-refractivity contribution < 1.29 is 0 Å². The summed E-state index contributed by atoms with van der Waals surface area (Å²) in [7, 11) is 0. The number of rotatable bonds is 4. The third-order valence-electron chi connectivity index (χ3n) is 2.11. The Morgan fingerprint density at radius 3 is 2.67 bits per heavy atom. The van der Waals surface area contributed by atoms with E-state index in [1.807, 2.05) is 6.07 Å². The molecule has 0 saturated carbocycles. The van der Waals surface area contributed by atoms with Gasteiger partial charge < -0.3 is 10.6 Å². The zero-order valence-electron chi connectivity index (χ0n) is 9.50. The van der Waals surface area contributed by atoms with Crippen molar-refractivity contribution >= 4 is 27.4 Å². The van der Waals surface area contributed by atoms with Gasteiger partial charge in [-0.2, -0.15) is 0 Å². The Hall–Kier alpha value is -0.770. The van der Waals surface area contributed by atoms with E-state index in [2.05, 4.69) is 46.6 Å². The summed E-state index contributed by atoms with van der Waals surface area (Å²) in [5.74, 6) is 1.59.